The number of para-hydroxylation sites is 1. The highest BCUT2D eigenvalue weighted by Crippen LogP contribution is 2.10. The zero-order valence-corrected chi connectivity index (χ0v) is 16.3. The molecule has 26 heavy (non-hydrogen) atoms. The molecule has 1 aromatic carbocycles. The van der Waals surface area contributed by atoms with Gasteiger partial charge in [-0.2, -0.15) is 0 Å². The van der Waals surface area contributed by atoms with E-state index in [0.717, 1.165) is 0 Å². The smallest absolute Gasteiger partial charge is 0.223 e. The van der Waals surface area contributed by atoms with Gasteiger partial charge in [-0.15, -0.1) is 0 Å². The van der Waals surface area contributed by atoms with Gasteiger partial charge in [0.1, 0.15) is 12.4 Å². The highest BCUT2D eigenvalue weighted by atomic mass is 16.5. The Balaban J connectivity index is 2.35. The van der Waals surface area contributed by atoms with E-state index in [0.29, 0.717) is 12.2 Å². The van der Waals surface area contributed by atoms with Crippen molar-refractivity contribution < 1.29 is 19.1 Å². The molecule has 2 amide bonds. The summed E-state index contributed by atoms with van der Waals surface area (Å²) >= 11 is 0. The maximum atomic E-state index is 12.2. The minimum absolute atomic E-state index is 0.0856. The van der Waals surface area contributed by atoms with Crippen LogP contribution in [-0.2, 0) is 14.4 Å². The average Bonchev–Trinajstić information content (AvgIpc) is 2.56. The van der Waals surface area contributed by atoms with Gasteiger partial charge in [-0.25, -0.2) is 0 Å². The molecule has 2 atom stereocenters. The Kier molecular flexibility index (Phi) is 8.29. The molecule has 6 nitrogen and oxygen atoms in total. The first kappa shape index (κ1) is 21.7. The summed E-state index contributed by atoms with van der Waals surface area (Å²) in [5.41, 5.74) is -0.289. The van der Waals surface area contributed by atoms with E-state index < -0.39 is 6.04 Å². The molecule has 0 aliphatic rings. The van der Waals surface area contributed by atoms with Crippen LogP contribution in [0.25, 0.3) is 0 Å². The molecule has 0 saturated heterocycles. The first-order valence-electron chi connectivity index (χ1n) is 8.90. The SMILES string of the molecule is C[C@H](NC(=O)[C@@H](C)CCC(=O)NC(C)(C)C)C(=O)COc1ccccc1. The van der Waals surface area contributed by atoms with Crippen LogP contribution >= 0.6 is 0 Å². The number of carbonyl (C=O) groups is 3. The number of hydrogen-bond donors (Lipinski definition) is 2. The van der Waals surface area contributed by atoms with Crippen molar-refractivity contribution in [2.75, 3.05) is 6.61 Å². The zero-order chi connectivity index (χ0) is 19.7. The van der Waals surface area contributed by atoms with Gasteiger partial charge < -0.3 is 15.4 Å². The van der Waals surface area contributed by atoms with Crippen LogP contribution < -0.4 is 15.4 Å². The summed E-state index contributed by atoms with van der Waals surface area (Å²) in [5.74, 6) is -0.282. The normalized spacial score (nSPS) is 13.4. The van der Waals surface area contributed by atoms with E-state index >= 15 is 0 Å². The summed E-state index contributed by atoms with van der Waals surface area (Å²) in [6.07, 6.45) is 0.695. The van der Waals surface area contributed by atoms with Crippen LogP contribution in [0.2, 0.25) is 0 Å². The second-order valence-corrected chi connectivity index (χ2v) is 7.54. The molecule has 6 heteroatoms. The predicted molar refractivity (Wildman–Crippen MR) is 101 cm³/mol. The molecule has 0 radical (unpaired) electrons. The van der Waals surface area contributed by atoms with Gasteiger partial charge in [-0.05, 0) is 46.2 Å². The van der Waals surface area contributed by atoms with Crippen molar-refractivity contribution >= 4 is 17.6 Å². The number of benzene rings is 1. The first-order chi connectivity index (χ1) is 12.1. The van der Waals surface area contributed by atoms with E-state index in [4.69, 9.17) is 4.74 Å². The number of Topliss-reactive ketones (excluding diaryl/α,β-unsaturated/α-hetero) is 1. The van der Waals surface area contributed by atoms with E-state index in [1.807, 2.05) is 39.0 Å². The molecule has 0 unspecified atom stereocenters. The van der Waals surface area contributed by atoms with Crippen molar-refractivity contribution in [2.45, 2.75) is 59.0 Å². The maximum Gasteiger partial charge on any atom is 0.223 e. The molecular weight excluding hydrogens is 332 g/mol. The lowest BCUT2D eigenvalue weighted by atomic mass is 10.0. The summed E-state index contributed by atoms with van der Waals surface area (Å²) < 4.78 is 5.40. The fourth-order valence-corrected chi connectivity index (χ4v) is 2.19. The standard InChI is InChI=1S/C20H30N2O4/c1-14(11-12-18(24)22-20(3,4)5)19(25)21-15(2)17(23)13-26-16-9-7-6-8-10-16/h6-10,14-15H,11-13H2,1-5H3,(H,21,25)(H,22,24)/t14-,15-/m0/s1. The van der Waals surface area contributed by atoms with Crippen LogP contribution in [0, 0.1) is 5.92 Å². The summed E-state index contributed by atoms with van der Waals surface area (Å²) in [6, 6.07) is 8.39. The van der Waals surface area contributed by atoms with Crippen molar-refractivity contribution in [1.82, 2.24) is 10.6 Å². The third kappa shape index (κ3) is 8.65. The third-order valence-corrected chi connectivity index (χ3v) is 3.73. The molecule has 0 heterocycles. The van der Waals surface area contributed by atoms with Crippen molar-refractivity contribution in [3.8, 4) is 5.75 Å². The molecule has 144 valence electrons. The number of carbonyl (C=O) groups excluding carboxylic acids is 3. The van der Waals surface area contributed by atoms with Crippen molar-refractivity contribution in [3.05, 3.63) is 30.3 Å². The third-order valence-electron chi connectivity index (χ3n) is 3.73. The molecule has 0 fully saturated rings. The van der Waals surface area contributed by atoms with E-state index in [-0.39, 0.29) is 42.1 Å². The average molecular weight is 362 g/mol. The van der Waals surface area contributed by atoms with Crippen molar-refractivity contribution in [3.63, 3.8) is 0 Å². The Labute approximate surface area is 155 Å². The fraction of sp³-hybridized carbons (Fsp3) is 0.550. The van der Waals surface area contributed by atoms with Crippen LogP contribution in [0.4, 0.5) is 0 Å². The van der Waals surface area contributed by atoms with Gasteiger partial charge in [0.2, 0.25) is 11.8 Å². The maximum absolute atomic E-state index is 12.2. The summed E-state index contributed by atoms with van der Waals surface area (Å²) in [5, 5.41) is 5.55. The fourth-order valence-electron chi connectivity index (χ4n) is 2.19. The Morgan fingerprint density at radius 3 is 2.27 bits per heavy atom. The monoisotopic (exact) mass is 362 g/mol. The van der Waals surface area contributed by atoms with Crippen LogP contribution in [0.15, 0.2) is 30.3 Å². The highest BCUT2D eigenvalue weighted by Gasteiger charge is 2.21. The molecule has 0 aliphatic heterocycles. The van der Waals surface area contributed by atoms with Crippen molar-refractivity contribution in [1.29, 1.82) is 0 Å². The van der Waals surface area contributed by atoms with E-state index in [1.54, 1.807) is 26.0 Å². The van der Waals surface area contributed by atoms with Gasteiger partial charge >= 0.3 is 0 Å². The zero-order valence-electron chi connectivity index (χ0n) is 16.3. The molecule has 0 aliphatic carbocycles. The number of hydrogen-bond acceptors (Lipinski definition) is 4. The topological polar surface area (TPSA) is 84.5 Å². The molecule has 1 rings (SSSR count). The Morgan fingerprint density at radius 2 is 1.69 bits per heavy atom. The largest absolute Gasteiger partial charge is 0.486 e. The molecule has 2 N–H and O–H groups in total. The van der Waals surface area contributed by atoms with Gasteiger partial charge in [0.05, 0.1) is 6.04 Å². The highest BCUT2D eigenvalue weighted by molar-refractivity contribution is 5.90. The quantitative estimate of drug-likeness (QED) is 0.707. The Bertz CT molecular complexity index is 608. The lowest BCUT2D eigenvalue weighted by molar-refractivity contribution is -0.130. The second kappa shape index (κ2) is 9.94. The van der Waals surface area contributed by atoms with E-state index in [1.165, 1.54) is 0 Å². The van der Waals surface area contributed by atoms with Gasteiger partial charge in [0, 0.05) is 17.9 Å². The van der Waals surface area contributed by atoms with E-state index in [9.17, 15) is 14.4 Å². The molecule has 1 aromatic rings. The van der Waals surface area contributed by atoms with Crippen molar-refractivity contribution in [2.24, 2.45) is 5.92 Å². The van der Waals surface area contributed by atoms with Gasteiger partial charge in [0.15, 0.2) is 5.78 Å². The Hall–Kier alpha value is -2.37. The lowest BCUT2D eigenvalue weighted by Crippen LogP contribution is -2.43. The number of ketones is 1. The minimum atomic E-state index is -0.642. The Morgan fingerprint density at radius 1 is 1.08 bits per heavy atom. The summed E-state index contributed by atoms with van der Waals surface area (Å²) in [6.45, 7) is 9.00. The van der Waals surface area contributed by atoms with Crippen LogP contribution in [-0.4, -0.2) is 35.8 Å². The second-order valence-electron chi connectivity index (χ2n) is 7.54. The van der Waals surface area contributed by atoms with Gasteiger partial charge in [-0.3, -0.25) is 14.4 Å². The van der Waals surface area contributed by atoms with Gasteiger partial charge in [0.25, 0.3) is 0 Å². The number of rotatable bonds is 9. The minimum Gasteiger partial charge on any atom is -0.486 e. The molecule has 0 bridgehead atoms. The first-order valence-corrected chi connectivity index (χ1v) is 8.90. The number of ether oxygens (including phenoxy) is 1. The number of nitrogens with one attached hydrogen (secondary N) is 2. The molecule has 0 saturated carbocycles. The summed E-state index contributed by atoms with van der Waals surface area (Å²) in [4.78, 5) is 36.1. The molecular formula is C20H30N2O4. The summed E-state index contributed by atoms with van der Waals surface area (Å²) in [7, 11) is 0. The number of amides is 2. The van der Waals surface area contributed by atoms with Gasteiger partial charge in [-0.1, -0.05) is 25.1 Å². The van der Waals surface area contributed by atoms with E-state index in [2.05, 4.69) is 10.6 Å². The van der Waals surface area contributed by atoms with Crippen LogP contribution in [0.1, 0.15) is 47.5 Å². The van der Waals surface area contributed by atoms with Crippen LogP contribution in [0.5, 0.6) is 5.75 Å². The van der Waals surface area contributed by atoms with Crippen LogP contribution in [0.3, 0.4) is 0 Å². The lowest BCUT2D eigenvalue weighted by Gasteiger charge is -2.21. The molecule has 0 spiro atoms. The predicted octanol–water partition coefficient (Wildman–Crippen LogP) is 2.47. The molecule has 0 aromatic heterocycles.